The SMILES string of the molecule is CCC(C)NC1CCN(C)CC1F.CCNC1CCN(C(C)C)CC1.[HH].[HH]. The highest BCUT2D eigenvalue weighted by Crippen LogP contribution is 2.14. The predicted octanol–water partition coefficient (Wildman–Crippen LogP) is 3.38. The van der Waals surface area contributed by atoms with E-state index in [0.29, 0.717) is 12.6 Å². The zero-order chi connectivity index (χ0) is 18.8. The maximum Gasteiger partial charge on any atom is 0.128 e. The molecule has 2 fully saturated rings. The van der Waals surface area contributed by atoms with Crippen LogP contribution in [0.15, 0.2) is 0 Å². The molecule has 25 heavy (non-hydrogen) atoms. The normalized spacial score (nSPS) is 27.8. The van der Waals surface area contributed by atoms with E-state index in [4.69, 9.17) is 0 Å². The minimum Gasteiger partial charge on any atom is -0.314 e. The van der Waals surface area contributed by atoms with Crippen molar-refractivity contribution in [2.24, 2.45) is 0 Å². The van der Waals surface area contributed by atoms with Gasteiger partial charge in [-0.05, 0) is 79.7 Å². The quantitative estimate of drug-likeness (QED) is 0.758. The molecule has 0 radical (unpaired) electrons. The van der Waals surface area contributed by atoms with Crippen LogP contribution in [0.4, 0.5) is 4.39 Å². The summed E-state index contributed by atoms with van der Waals surface area (Å²) in [7, 11) is 1.98. The summed E-state index contributed by atoms with van der Waals surface area (Å²) in [5.74, 6) is 0. The number of likely N-dealkylation sites (tertiary alicyclic amines) is 2. The van der Waals surface area contributed by atoms with Gasteiger partial charge < -0.3 is 20.4 Å². The van der Waals surface area contributed by atoms with Crippen LogP contribution in [0, 0.1) is 0 Å². The molecule has 2 heterocycles. The summed E-state index contributed by atoms with van der Waals surface area (Å²) in [5.41, 5.74) is 0. The van der Waals surface area contributed by atoms with E-state index in [9.17, 15) is 4.39 Å². The van der Waals surface area contributed by atoms with Gasteiger partial charge in [-0.15, -0.1) is 0 Å². The second-order valence-corrected chi connectivity index (χ2v) is 8.11. The molecule has 0 spiro atoms. The number of hydrogen-bond acceptors (Lipinski definition) is 4. The number of nitrogens with zero attached hydrogens (tertiary/aromatic N) is 2. The number of alkyl halides is 1. The van der Waals surface area contributed by atoms with Gasteiger partial charge in [0.15, 0.2) is 0 Å². The molecule has 0 aromatic carbocycles. The molecule has 0 bridgehead atoms. The number of nitrogens with one attached hydrogen (secondary N) is 2. The van der Waals surface area contributed by atoms with Crippen molar-refractivity contribution in [2.75, 3.05) is 39.8 Å². The van der Waals surface area contributed by atoms with Gasteiger partial charge in [0.25, 0.3) is 0 Å². The minimum absolute atomic E-state index is 0. The molecule has 0 aliphatic carbocycles. The lowest BCUT2D eigenvalue weighted by molar-refractivity contribution is 0.117. The first kappa shape index (κ1) is 22.8. The summed E-state index contributed by atoms with van der Waals surface area (Å²) < 4.78 is 13.5. The molecule has 2 aliphatic rings. The van der Waals surface area contributed by atoms with Gasteiger partial charge in [0, 0.05) is 33.6 Å². The summed E-state index contributed by atoms with van der Waals surface area (Å²) in [4.78, 5) is 4.62. The molecule has 2 N–H and O–H groups in total. The largest absolute Gasteiger partial charge is 0.314 e. The first-order chi connectivity index (χ1) is 11.9. The standard InChI is InChI=1S/C10H21FN2.C10H22N2.2H2/c1-4-8(2)12-10-5-6-13(3)7-9(10)11;1-4-11-10-5-7-12(8-6-10)9(2)3;;/h8-10,12H,4-7H2,1-3H3;9-11H,4-8H2,1-3H3;2*1H. The summed E-state index contributed by atoms with van der Waals surface area (Å²) in [6, 6.07) is 2.02. The topological polar surface area (TPSA) is 30.5 Å². The van der Waals surface area contributed by atoms with E-state index in [1.165, 1.54) is 25.9 Å². The molecule has 2 aliphatic heterocycles. The Morgan fingerprint density at radius 3 is 2.20 bits per heavy atom. The lowest BCUT2D eigenvalue weighted by Crippen LogP contribution is -2.51. The predicted molar refractivity (Wildman–Crippen MR) is 111 cm³/mol. The van der Waals surface area contributed by atoms with Crippen LogP contribution in [0.2, 0.25) is 0 Å². The van der Waals surface area contributed by atoms with Crippen molar-refractivity contribution >= 4 is 0 Å². The Morgan fingerprint density at radius 2 is 1.72 bits per heavy atom. The molecule has 2 saturated heterocycles. The molecule has 3 unspecified atom stereocenters. The van der Waals surface area contributed by atoms with Gasteiger partial charge in [-0.1, -0.05) is 13.8 Å². The van der Waals surface area contributed by atoms with E-state index >= 15 is 0 Å². The van der Waals surface area contributed by atoms with Gasteiger partial charge >= 0.3 is 0 Å². The van der Waals surface area contributed by atoms with E-state index < -0.39 is 6.17 Å². The first-order valence-corrected chi connectivity index (χ1v) is 10.4. The van der Waals surface area contributed by atoms with Crippen molar-refractivity contribution in [3.8, 4) is 0 Å². The van der Waals surface area contributed by atoms with Crippen molar-refractivity contribution < 1.29 is 7.24 Å². The van der Waals surface area contributed by atoms with E-state index in [0.717, 1.165) is 38.0 Å². The fourth-order valence-corrected chi connectivity index (χ4v) is 3.64. The summed E-state index contributed by atoms with van der Waals surface area (Å²) in [6.45, 7) is 16.3. The third-order valence-electron chi connectivity index (χ3n) is 5.61. The Balaban J connectivity index is 0. The van der Waals surface area contributed by atoms with Crippen LogP contribution < -0.4 is 10.6 Å². The Morgan fingerprint density at radius 1 is 1.08 bits per heavy atom. The number of halogens is 1. The van der Waals surface area contributed by atoms with Crippen LogP contribution in [0.5, 0.6) is 0 Å². The first-order valence-electron chi connectivity index (χ1n) is 10.4. The van der Waals surface area contributed by atoms with Gasteiger partial charge in [-0.25, -0.2) is 4.39 Å². The van der Waals surface area contributed by atoms with Gasteiger partial charge in [0.05, 0.1) is 0 Å². The third-order valence-corrected chi connectivity index (χ3v) is 5.61. The highest BCUT2D eigenvalue weighted by atomic mass is 19.1. The van der Waals surface area contributed by atoms with Crippen LogP contribution in [0.25, 0.3) is 0 Å². The van der Waals surface area contributed by atoms with E-state index in [-0.39, 0.29) is 8.90 Å². The summed E-state index contributed by atoms with van der Waals surface area (Å²) >= 11 is 0. The van der Waals surface area contributed by atoms with Crippen molar-refractivity contribution in [2.45, 2.75) is 90.6 Å². The Hall–Kier alpha value is -0.230. The zero-order valence-corrected chi connectivity index (χ0v) is 17.5. The number of rotatable bonds is 6. The van der Waals surface area contributed by atoms with E-state index in [1.807, 2.05) is 7.05 Å². The molecular weight excluding hydrogens is 315 g/mol. The molecule has 5 heteroatoms. The number of hydrogen-bond donors (Lipinski definition) is 2. The van der Waals surface area contributed by atoms with Crippen molar-refractivity contribution in [1.29, 1.82) is 0 Å². The van der Waals surface area contributed by atoms with Crippen molar-refractivity contribution in [3.63, 3.8) is 0 Å². The molecule has 0 saturated carbocycles. The Labute approximate surface area is 158 Å². The van der Waals surface area contributed by atoms with Crippen molar-refractivity contribution in [1.82, 2.24) is 20.4 Å². The van der Waals surface area contributed by atoms with Gasteiger partial charge in [-0.3, -0.25) is 0 Å². The monoisotopic (exact) mass is 362 g/mol. The maximum absolute atomic E-state index is 13.5. The lowest BCUT2D eigenvalue weighted by Gasteiger charge is -2.34. The number of piperidine rings is 2. The minimum atomic E-state index is -0.701. The second-order valence-electron chi connectivity index (χ2n) is 8.11. The average molecular weight is 363 g/mol. The highest BCUT2D eigenvalue weighted by molar-refractivity contribution is 4.85. The van der Waals surface area contributed by atoms with Crippen LogP contribution >= 0.6 is 0 Å². The van der Waals surface area contributed by atoms with Crippen LogP contribution in [0.3, 0.4) is 0 Å². The van der Waals surface area contributed by atoms with Gasteiger partial charge in [-0.2, -0.15) is 0 Å². The molecule has 0 aromatic rings. The second kappa shape index (κ2) is 12.2. The molecule has 4 nitrogen and oxygen atoms in total. The molecule has 3 atom stereocenters. The van der Waals surface area contributed by atoms with Crippen molar-refractivity contribution in [3.05, 3.63) is 0 Å². The van der Waals surface area contributed by atoms with Gasteiger partial charge in [0.2, 0.25) is 0 Å². The molecule has 2 rings (SSSR count). The highest BCUT2D eigenvalue weighted by Gasteiger charge is 2.27. The Kier molecular flexibility index (Phi) is 11.1. The smallest absolute Gasteiger partial charge is 0.128 e. The van der Waals surface area contributed by atoms with Gasteiger partial charge in [0.1, 0.15) is 6.17 Å². The van der Waals surface area contributed by atoms with E-state index in [2.05, 4.69) is 55.1 Å². The molecule has 0 aromatic heterocycles. The zero-order valence-electron chi connectivity index (χ0n) is 17.5. The summed E-state index contributed by atoms with van der Waals surface area (Å²) in [5, 5.41) is 6.85. The molecule has 0 amide bonds. The average Bonchev–Trinajstić information content (AvgIpc) is 2.58. The Bertz CT molecular complexity index is 342. The molecular formula is C20H47FN4. The maximum atomic E-state index is 13.5. The fourth-order valence-electron chi connectivity index (χ4n) is 3.64. The fraction of sp³-hybridized carbons (Fsp3) is 1.00. The molecule has 154 valence electrons. The van der Waals surface area contributed by atoms with E-state index in [1.54, 1.807) is 0 Å². The van der Waals surface area contributed by atoms with Crippen LogP contribution in [-0.2, 0) is 0 Å². The lowest BCUT2D eigenvalue weighted by atomic mass is 10.0. The van der Waals surface area contributed by atoms with Crippen LogP contribution in [-0.4, -0.2) is 79.9 Å². The third kappa shape index (κ3) is 8.80. The summed E-state index contributed by atoms with van der Waals surface area (Å²) in [6.07, 6.45) is 3.95. The van der Waals surface area contributed by atoms with Crippen LogP contribution in [0.1, 0.15) is 63.2 Å².